The smallest absolute Gasteiger partial charge is 0.0164 e. The van der Waals surface area contributed by atoms with E-state index in [2.05, 4.69) is 0 Å². The summed E-state index contributed by atoms with van der Waals surface area (Å²) >= 11 is 0. The predicted octanol–water partition coefficient (Wildman–Crippen LogP) is 1.91. The predicted molar refractivity (Wildman–Crippen MR) is 37.2 cm³/mol. The molecule has 1 spiro atoms. The van der Waals surface area contributed by atoms with Crippen LogP contribution in [0.1, 0.15) is 19.3 Å². The highest BCUT2D eigenvalue weighted by atomic mass is 15.0. The van der Waals surface area contributed by atoms with E-state index in [1.165, 1.54) is 35.5 Å². The van der Waals surface area contributed by atoms with Crippen LogP contribution in [0.5, 0.6) is 0 Å². The van der Waals surface area contributed by atoms with Crippen molar-refractivity contribution in [2.24, 2.45) is 40.9 Å². The minimum absolute atomic E-state index is 1.09. The van der Waals surface area contributed by atoms with Gasteiger partial charge < -0.3 is 0 Å². The Balaban J connectivity index is 1.80. The van der Waals surface area contributed by atoms with E-state index in [4.69, 9.17) is 0 Å². The Morgan fingerprint density at radius 2 is 1.90 bits per heavy atom. The molecule has 0 radical (unpaired) electrons. The molecule has 0 aromatic rings. The molecule has 5 atom stereocenters. The Morgan fingerprint density at radius 3 is 2.70 bits per heavy atom. The van der Waals surface area contributed by atoms with Crippen LogP contribution < -0.4 is 0 Å². The van der Waals surface area contributed by atoms with E-state index in [0.29, 0.717) is 0 Å². The van der Waals surface area contributed by atoms with Gasteiger partial charge in [-0.05, 0) is 60.2 Å². The maximum atomic E-state index is 1.66. The summed E-state index contributed by atoms with van der Waals surface area (Å²) in [7, 11) is 0. The zero-order valence-corrected chi connectivity index (χ0v) is 6.09. The first-order valence-corrected chi connectivity index (χ1v) is 4.95. The van der Waals surface area contributed by atoms with Crippen LogP contribution in [0.25, 0.3) is 0 Å². The van der Waals surface area contributed by atoms with Gasteiger partial charge in [0.05, 0.1) is 0 Å². The quantitative estimate of drug-likeness (QED) is 0.472. The summed E-state index contributed by atoms with van der Waals surface area (Å²) in [6, 6.07) is 0. The van der Waals surface area contributed by atoms with Gasteiger partial charge in [0.1, 0.15) is 0 Å². The Bertz CT molecular complexity index is 243. The van der Waals surface area contributed by atoms with E-state index in [1.807, 2.05) is 0 Å². The van der Waals surface area contributed by atoms with Crippen LogP contribution in [-0.4, -0.2) is 0 Å². The third-order valence-electron chi connectivity index (χ3n) is 5.69. The van der Waals surface area contributed by atoms with Crippen LogP contribution in [0.4, 0.5) is 0 Å². The molecule has 6 aliphatic rings. The van der Waals surface area contributed by atoms with Crippen LogP contribution >= 0.6 is 0 Å². The van der Waals surface area contributed by atoms with Gasteiger partial charge in [0.2, 0.25) is 0 Å². The van der Waals surface area contributed by atoms with Crippen LogP contribution in [-0.2, 0) is 0 Å². The van der Waals surface area contributed by atoms with Crippen molar-refractivity contribution in [3.05, 3.63) is 0 Å². The molecule has 5 unspecified atom stereocenters. The van der Waals surface area contributed by atoms with Gasteiger partial charge in [0.25, 0.3) is 0 Å². The van der Waals surface area contributed by atoms with Crippen molar-refractivity contribution in [1.29, 1.82) is 0 Å². The summed E-state index contributed by atoms with van der Waals surface area (Å²) in [5.74, 6) is 7.74. The summed E-state index contributed by atoms with van der Waals surface area (Å²) in [6.45, 7) is 0. The van der Waals surface area contributed by atoms with Crippen LogP contribution in [0, 0.1) is 40.9 Å². The lowest BCUT2D eigenvalue weighted by molar-refractivity contribution is 0.212. The van der Waals surface area contributed by atoms with Gasteiger partial charge in [-0.2, -0.15) is 0 Å². The van der Waals surface area contributed by atoms with Crippen molar-refractivity contribution in [3.8, 4) is 0 Å². The summed E-state index contributed by atoms with van der Waals surface area (Å²) in [6.07, 6.45) is 4.92. The number of hydrogen-bond donors (Lipinski definition) is 0. The number of hydrogen-bond acceptors (Lipinski definition) is 0. The molecule has 52 valence electrons. The van der Waals surface area contributed by atoms with E-state index in [0.717, 1.165) is 5.41 Å². The first kappa shape index (κ1) is 4.13. The molecular weight excluding hydrogens is 120 g/mol. The van der Waals surface area contributed by atoms with Gasteiger partial charge >= 0.3 is 0 Å². The molecule has 6 saturated carbocycles. The molecule has 2 bridgehead atoms. The largest absolute Gasteiger partial charge is 0.0498 e. The molecule has 0 heteroatoms. The SMILES string of the molecule is C1CC2C3C1CC1C4C1C234. The Hall–Kier alpha value is 0. The molecular formula is C10H12. The summed E-state index contributed by atoms with van der Waals surface area (Å²) in [5, 5.41) is 0. The molecule has 10 heavy (non-hydrogen) atoms. The highest BCUT2D eigenvalue weighted by Gasteiger charge is 2.99. The number of rotatable bonds is 0. The van der Waals surface area contributed by atoms with E-state index >= 15 is 0 Å². The van der Waals surface area contributed by atoms with Crippen LogP contribution in [0.3, 0.4) is 0 Å². The van der Waals surface area contributed by atoms with E-state index < -0.39 is 0 Å². The minimum atomic E-state index is 1.09. The zero-order chi connectivity index (χ0) is 6.09. The maximum absolute atomic E-state index is 1.66. The average molecular weight is 132 g/mol. The first-order chi connectivity index (χ1) is 4.95. The van der Waals surface area contributed by atoms with E-state index in [9.17, 15) is 0 Å². The topological polar surface area (TPSA) is 0 Å². The van der Waals surface area contributed by atoms with Gasteiger partial charge in [0.15, 0.2) is 0 Å². The second kappa shape index (κ2) is 0.790. The Kier molecular flexibility index (Phi) is 0.327. The molecule has 0 heterocycles. The standard InChI is InChI=1S/C10H12/c1-2-6-7-4(1)3-5-8-9(5)10(6,7)8/h4-9H,1-3H2. The van der Waals surface area contributed by atoms with Gasteiger partial charge in [-0.15, -0.1) is 0 Å². The monoisotopic (exact) mass is 132 g/mol. The fourth-order valence-electron chi connectivity index (χ4n) is 5.60. The highest BCUT2D eigenvalue weighted by Crippen LogP contribution is 3.03. The van der Waals surface area contributed by atoms with Crippen molar-refractivity contribution in [2.75, 3.05) is 0 Å². The molecule has 6 aliphatic carbocycles. The molecule has 0 N–H and O–H groups in total. The van der Waals surface area contributed by atoms with Crippen LogP contribution in [0.15, 0.2) is 0 Å². The lowest BCUT2D eigenvalue weighted by Crippen LogP contribution is -2.21. The third-order valence-corrected chi connectivity index (χ3v) is 5.69. The maximum Gasteiger partial charge on any atom is -0.0164 e. The van der Waals surface area contributed by atoms with Gasteiger partial charge in [-0.25, -0.2) is 0 Å². The normalized spacial score (nSPS) is 91.2. The van der Waals surface area contributed by atoms with Crippen molar-refractivity contribution in [2.45, 2.75) is 19.3 Å². The molecule has 0 amide bonds. The highest BCUT2D eigenvalue weighted by molar-refractivity contribution is 5.46. The average Bonchev–Trinajstić information content (AvgIpc) is 2.77. The summed E-state index contributed by atoms with van der Waals surface area (Å²) < 4.78 is 0. The Morgan fingerprint density at radius 1 is 1.00 bits per heavy atom. The lowest BCUT2D eigenvalue weighted by atomic mass is 9.77. The molecule has 0 saturated heterocycles. The van der Waals surface area contributed by atoms with Gasteiger partial charge in [-0.1, -0.05) is 0 Å². The minimum Gasteiger partial charge on any atom is -0.0498 e. The molecule has 0 nitrogen and oxygen atoms in total. The molecule has 0 aliphatic heterocycles. The van der Waals surface area contributed by atoms with Crippen molar-refractivity contribution >= 4 is 0 Å². The summed E-state index contributed by atoms with van der Waals surface area (Å²) in [4.78, 5) is 0. The first-order valence-electron chi connectivity index (χ1n) is 4.95. The Labute approximate surface area is 61.0 Å². The van der Waals surface area contributed by atoms with E-state index in [-0.39, 0.29) is 0 Å². The zero-order valence-electron chi connectivity index (χ0n) is 6.09. The second-order valence-electron chi connectivity index (χ2n) is 5.42. The van der Waals surface area contributed by atoms with Crippen molar-refractivity contribution in [3.63, 3.8) is 0 Å². The van der Waals surface area contributed by atoms with Crippen molar-refractivity contribution in [1.82, 2.24) is 0 Å². The third kappa shape index (κ3) is 0.177. The molecule has 6 fully saturated rings. The fraction of sp³-hybridized carbons (Fsp3) is 1.00. The van der Waals surface area contributed by atoms with Crippen molar-refractivity contribution < 1.29 is 0 Å². The summed E-state index contributed by atoms with van der Waals surface area (Å²) in [5.41, 5.74) is 1.09. The van der Waals surface area contributed by atoms with Gasteiger partial charge in [0, 0.05) is 0 Å². The molecule has 6 rings (SSSR count). The van der Waals surface area contributed by atoms with Crippen LogP contribution in [0.2, 0.25) is 0 Å². The lowest BCUT2D eigenvalue weighted by Gasteiger charge is -2.27. The molecule has 0 aromatic carbocycles. The van der Waals surface area contributed by atoms with Gasteiger partial charge in [-0.3, -0.25) is 0 Å². The van der Waals surface area contributed by atoms with E-state index in [1.54, 1.807) is 19.3 Å². The molecule has 0 aromatic heterocycles. The second-order valence-corrected chi connectivity index (χ2v) is 5.42. The fourth-order valence-corrected chi connectivity index (χ4v) is 5.60.